The molecule has 3 rings (SSSR count). The molecule has 2 aromatic carbocycles. The molecule has 1 aliphatic heterocycles. The van der Waals surface area contributed by atoms with Crippen LogP contribution < -0.4 is 14.5 Å². The summed E-state index contributed by atoms with van der Waals surface area (Å²) >= 11 is 0. The zero-order valence-electron chi connectivity index (χ0n) is 15.4. The van der Waals surface area contributed by atoms with E-state index in [4.69, 9.17) is 4.74 Å². The number of anilines is 1. The van der Waals surface area contributed by atoms with Crippen molar-refractivity contribution in [2.24, 2.45) is 0 Å². The Bertz CT molecular complexity index is 753. The number of hydrazine groups is 1. The Morgan fingerprint density at radius 2 is 1.81 bits per heavy atom. The molecular weight excluding hydrogens is 357 g/mol. The zero-order valence-corrected chi connectivity index (χ0v) is 15.4. The molecule has 1 saturated heterocycles. The molecule has 7 heteroatoms. The maximum atomic E-state index is 12.6. The van der Waals surface area contributed by atoms with Gasteiger partial charge in [-0.1, -0.05) is 36.8 Å². The van der Waals surface area contributed by atoms with E-state index in [2.05, 4.69) is 21.9 Å². The van der Waals surface area contributed by atoms with Gasteiger partial charge in [0.25, 0.3) is 0 Å². The maximum Gasteiger partial charge on any atom is 0.573 e. The lowest BCUT2D eigenvalue weighted by molar-refractivity contribution is -0.274. The number of piperidine rings is 1. The molecule has 0 aliphatic carbocycles. The number of nitrogens with zero attached hydrogens (tertiary/aromatic N) is 2. The van der Waals surface area contributed by atoms with E-state index in [9.17, 15) is 13.2 Å². The number of alkyl halides is 3. The second-order valence-electron chi connectivity index (χ2n) is 6.49. The van der Waals surface area contributed by atoms with E-state index in [1.165, 1.54) is 30.9 Å². The number of halogens is 3. The van der Waals surface area contributed by atoms with Crippen LogP contribution in [-0.2, 0) is 0 Å². The number of ether oxygens (including phenoxy) is 2. The molecule has 2 aromatic rings. The van der Waals surface area contributed by atoms with Crippen molar-refractivity contribution in [1.29, 1.82) is 0 Å². The lowest BCUT2D eigenvalue weighted by Gasteiger charge is -2.43. The SMILES string of the molecule is COc1ccc(OC(F)(F)F)cc1N(C)N1CCCCC1c1ccccc1. The normalized spacial score (nSPS) is 18.2. The van der Waals surface area contributed by atoms with Crippen LogP contribution in [0.25, 0.3) is 0 Å². The summed E-state index contributed by atoms with van der Waals surface area (Å²) in [4.78, 5) is 0. The molecule has 0 saturated carbocycles. The van der Waals surface area contributed by atoms with Gasteiger partial charge in [0.05, 0.1) is 18.8 Å². The summed E-state index contributed by atoms with van der Waals surface area (Å²) in [5.41, 5.74) is 1.72. The fourth-order valence-corrected chi connectivity index (χ4v) is 3.55. The van der Waals surface area contributed by atoms with Crippen molar-refractivity contribution in [2.45, 2.75) is 31.7 Å². The van der Waals surface area contributed by atoms with Gasteiger partial charge < -0.3 is 14.5 Å². The molecule has 0 aromatic heterocycles. The van der Waals surface area contributed by atoms with Crippen molar-refractivity contribution in [3.63, 3.8) is 0 Å². The molecule has 27 heavy (non-hydrogen) atoms. The van der Waals surface area contributed by atoms with Gasteiger partial charge in [-0.05, 0) is 30.5 Å². The molecular formula is C20H23F3N2O2. The van der Waals surface area contributed by atoms with Crippen LogP contribution in [0.15, 0.2) is 48.5 Å². The van der Waals surface area contributed by atoms with Crippen LogP contribution in [0.1, 0.15) is 30.9 Å². The average molecular weight is 380 g/mol. The first-order valence-electron chi connectivity index (χ1n) is 8.88. The largest absolute Gasteiger partial charge is 0.573 e. The number of hydrogen-bond acceptors (Lipinski definition) is 4. The molecule has 0 amide bonds. The maximum absolute atomic E-state index is 12.6. The summed E-state index contributed by atoms with van der Waals surface area (Å²) in [6, 6.07) is 14.4. The summed E-state index contributed by atoms with van der Waals surface area (Å²) < 4.78 is 47.3. The Balaban J connectivity index is 1.92. The van der Waals surface area contributed by atoms with Crippen molar-refractivity contribution in [3.8, 4) is 11.5 Å². The summed E-state index contributed by atoms with van der Waals surface area (Å²) in [7, 11) is 3.35. The van der Waals surface area contributed by atoms with Crippen LogP contribution in [-0.4, -0.2) is 32.1 Å². The Morgan fingerprint density at radius 1 is 1.07 bits per heavy atom. The van der Waals surface area contributed by atoms with Crippen LogP contribution in [0, 0.1) is 0 Å². The highest BCUT2D eigenvalue weighted by Crippen LogP contribution is 2.39. The molecule has 1 heterocycles. The average Bonchev–Trinajstić information content (AvgIpc) is 2.67. The molecule has 0 radical (unpaired) electrons. The second kappa shape index (κ2) is 8.08. The van der Waals surface area contributed by atoms with Gasteiger partial charge >= 0.3 is 6.36 Å². The smallest absolute Gasteiger partial charge is 0.495 e. The van der Waals surface area contributed by atoms with Gasteiger partial charge in [0.15, 0.2) is 0 Å². The predicted octanol–water partition coefficient (Wildman–Crippen LogP) is 5.17. The molecule has 0 N–H and O–H groups in total. The molecule has 1 aliphatic rings. The van der Waals surface area contributed by atoms with Crippen LogP contribution in [0.5, 0.6) is 11.5 Å². The summed E-state index contributed by atoms with van der Waals surface area (Å²) in [6.07, 6.45) is -1.62. The van der Waals surface area contributed by atoms with Crippen molar-refractivity contribution in [1.82, 2.24) is 5.01 Å². The Morgan fingerprint density at radius 3 is 2.48 bits per heavy atom. The van der Waals surface area contributed by atoms with Crippen molar-refractivity contribution in [2.75, 3.05) is 25.7 Å². The van der Waals surface area contributed by atoms with E-state index < -0.39 is 6.36 Å². The van der Waals surface area contributed by atoms with Gasteiger partial charge in [0.1, 0.15) is 11.5 Å². The van der Waals surface area contributed by atoms with E-state index in [0.717, 1.165) is 25.8 Å². The van der Waals surface area contributed by atoms with Crippen molar-refractivity contribution in [3.05, 3.63) is 54.1 Å². The Labute approximate surface area is 157 Å². The predicted molar refractivity (Wildman–Crippen MR) is 97.8 cm³/mol. The minimum Gasteiger partial charge on any atom is -0.495 e. The lowest BCUT2D eigenvalue weighted by Crippen LogP contribution is -2.45. The second-order valence-corrected chi connectivity index (χ2v) is 6.49. The standard InChI is InChI=1S/C20H23F3N2O2/c1-24(18-14-16(27-20(21,22)23)11-12-19(18)26-2)25-13-7-6-10-17(25)15-8-4-3-5-9-15/h3-5,8-9,11-12,14,17H,6-7,10,13H2,1-2H3. The minimum atomic E-state index is -4.73. The number of rotatable bonds is 5. The van der Waals surface area contributed by atoms with Crippen LogP contribution in [0.3, 0.4) is 0 Å². The van der Waals surface area contributed by atoms with Crippen LogP contribution in [0.4, 0.5) is 18.9 Å². The molecule has 0 bridgehead atoms. The third kappa shape index (κ3) is 4.66. The summed E-state index contributed by atoms with van der Waals surface area (Å²) in [5, 5.41) is 4.05. The molecule has 4 nitrogen and oxygen atoms in total. The molecule has 146 valence electrons. The molecule has 1 unspecified atom stereocenters. The van der Waals surface area contributed by atoms with Crippen LogP contribution >= 0.6 is 0 Å². The highest BCUT2D eigenvalue weighted by Gasteiger charge is 2.32. The highest BCUT2D eigenvalue weighted by molar-refractivity contribution is 5.60. The lowest BCUT2D eigenvalue weighted by atomic mass is 9.96. The van der Waals surface area contributed by atoms with Gasteiger partial charge in [0.2, 0.25) is 0 Å². The van der Waals surface area contributed by atoms with Gasteiger partial charge in [-0.3, -0.25) is 0 Å². The van der Waals surface area contributed by atoms with Gasteiger partial charge in [-0.2, -0.15) is 0 Å². The summed E-state index contributed by atoms with van der Waals surface area (Å²) in [6.45, 7) is 0.809. The molecule has 1 atom stereocenters. The van der Waals surface area contributed by atoms with Gasteiger partial charge in [-0.15, -0.1) is 13.2 Å². The van der Waals surface area contributed by atoms with E-state index in [1.54, 1.807) is 0 Å². The first-order chi connectivity index (χ1) is 12.9. The molecule has 0 spiro atoms. The third-order valence-electron chi connectivity index (χ3n) is 4.78. The third-order valence-corrected chi connectivity index (χ3v) is 4.78. The topological polar surface area (TPSA) is 24.9 Å². The van der Waals surface area contributed by atoms with E-state index in [-0.39, 0.29) is 11.8 Å². The van der Waals surface area contributed by atoms with Crippen molar-refractivity contribution >= 4 is 5.69 Å². The minimum absolute atomic E-state index is 0.154. The van der Waals surface area contributed by atoms with E-state index in [0.29, 0.717) is 11.4 Å². The van der Waals surface area contributed by atoms with E-state index in [1.807, 2.05) is 30.3 Å². The Kier molecular flexibility index (Phi) is 5.79. The first-order valence-corrected chi connectivity index (χ1v) is 8.88. The summed E-state index contributed by atoms with van der Waals surface area (Å²) in [5.74, 6) is 0.225. The Hall–Kier alpha value is -2.41. The van der Waals surface area contributed by atoms with Gasteiger partial charge in [0, 0.05) is 19.7 Å². The van der Waals surface area contributed by atoms with Crippen molar-refractivity contribution < 1.29 is 22.6 Å². The first kappa shape index (κ1) is 19.4. The zero-order chi connectivity index (χ0) is 19.4. The molecule has 1 fully saturated rings. The fourth-order valence-electron chi connectivity index (χ4n) is 3.55. The van der Waals surface area contributed by atoms with Gasteiger partial charge in [-0.25, -0.2) is 5.01 Å². The highest BCUT2D eigenvalue weighted by atomic mass is 19.4. The van der Waals surface area contributed by atoms with E-state index >= 15 is 0 Å². The number of hydrogen-bond donors (Lipinski definition) is 0. The quantitative estimate of drug-likeness (QED) is 0.714. The fraction of sp³-hybridized carbons (Fsp3) is 0.400. The monoisotopic (exact) mass is 380 g/mol. The van der Waals surface area contributed by atoms with Crippen LogP contribution in [0.2, 0.25) is 0 Å². The number of benzene rings is 2. The number of methoxy groups -OCH3 is 1.